The Kier molecular flexibility index (Phi) is 5.05. The second-order valence-electron chi connectivity index (χ2n) is 3.95. The monoisotopic (exact) mass is 327 g/mol. The summed E-state index contributed by atoms with van der Waals surface area (Å²) in [5.41, 5.74) is 6.31. The summed E-state index contributed by atoms with van der Waals surface area (Å²) in [6.07, 6.45) is 0. The van der Waals surface area contributed by atoms with E-state index < -0.39 is 11.9 Å². The van der Waals surface area contributed by atoms with Crippen LogP contribution in [0.4, 0.5) is 10.5 Å². The maximum atomic E-state index is 11.7. The number of imide groups is 1. The Bertz CT molecular complexity index is 529. The maximum absolute atomic E-state index is 11.7. The number of anilines is 1. The Labute approximate surface area is 118 Å². The Morgan fingerprint density at radius 1 is 1.32 bits per heavy atom. The summed E-state index contributed by atoms with van der Waals surface area (Å²) in [5, 5.41) is 4.62. The highest BCUT2D eigenvalue weighted by Crippen LogP contribution is 2.16. The average Bonchev–Trinajstić information content (AvgIpc) is 2.30. The molecule has 0 unspecified atom stereocenters. The van der Waals surface area contributed by atoms with Crippen LogP contribution in [0.5, 0.6) is 0 Å². The number of primary amides is 1. The van der Waals surface area contributed by atoms with Crippen molar-refractivity contribution in [2.45, 2.75) is 18.7 Å². The number of hydrogen-bond donors (Lipinski definition) is 3. The van der Waals surface area contributed by atoms with Gasteiger partial charge >= 0.3 is 6.03 Å². The highest BCUT2D eigenvalue weighted by molar-refractivity contribution is 9.10. The number of benzene rings is 1. The van der Waals surface area contributed by atoms with Gasteiger partial charge in [0.2, 0.25) is 5.91 Å². The summed E-state index contributed by atoms with van der Waals surface area (Å²) in [4.78, 5) is 33.5. The number of alkyl halides is 1. The topological polar surface area (TPSA) is 101 Å². The van der Waals surface area contributed by atoms with Crippen LogP contribution < -0.4 is 16.4 Å². The molecule has 4 N–H and O–H groups in total. The van der Waals surface area contributed by atoms with E-state index in [1.807, 2.05) is 5.32 Å². The highest BCUT2D eigenvalue weighted by Gasteiger charge is 2.14. The fraction of sp³-hybridized carbons (Fsp3) is 0.250. The number of urea groups is 1. The van der Waals surface area contributed by atoms with Crippen LogP contribution >= 0.6 is 15.9 Å². The molecular formula is C12H14BrN3O3. The van der Waals surface area contributed by atoms with Crippen LogP contribution in [-0.4, -0.2) is 22.7 Å². The van der Waals surface area contributed by atoms with E-state index in [1.165, 1.54) is 6.07 Å². The fourth-order valence-electron chi connectivity index (χ4n) is 1.37. The van der Waals surface area contributed by atoms with Crippen LogP contribution in [0.25, 0.3) is 0 Å². The lowest BCUT2D eigenvalue weighted by atomic mass is 10.1. The van der Waals surface area contributed by atoms with Gasteiger partial charge in [-0.05, 0) is 31.5 Å². The van der Waals surface area contributed by atoms with Crippen LogP contribution in [0.2, 0.25) is 0 Å². The van der Waals surface area contributed by atoms with Crippen LogP contribution in [0, 0.1) is 6.92 Å². The molecule has 102 valence electrons. The molecule has 6 nitrogen and oxygen atoms in total. The predicted octanol–water partition coefficient (Wildman–Crippen LogP) is 1.53. The van der Waals surface area contributed by atoms with Gasteiger partial charge in [-0.15, -0.1) is 0 Å². The third-order valence-electron chi connectivity index (χ3n) is 2.35. The van der Waals surface area contributed by atoms with Gasteiger partial charge in [-0.25, -0.2) is 4.79 Å². The molecular weight excluding hydrogens is 314 g/mol. The first-order valence-corrected chi connectivity index (χ1v) is 6.39. The van der Waals surface area contributed by atoms with Crippen molar-refractivity contribution in [3.63, 3.8) is 0 Å². The molecule has 0 aliphatic heterocycles. The highest BCUT2D eigenvalue weighted by atomic mass is 79.9. The number of aryl methyl sites for hydroxylation is 1. The molecule has 0 aliphatic rings. The molecule has 0 aromatic heterocycles. The molecule has 1 rings (SSSR count). The van der Waals surface area contributed by atoms with Gasteiger partial charge in [0.25, 0.3) is 5.91 Å². The van der Waals surface area contributed by atoms with Crippen molar-refractivity contribution in [1.29, 1.82) is 0 Å². The third kappa shape index (κ3) is 4.36. The van der Waals surface area contributed by atoms with E-state index in [1.54, 1.807) is 26.0 Å². The molecule has 0 saturated heterocycles. The molecule has 1 aromatic carbocycles. The zero-order valence-electron chi connectivity index (χ0n) is 10.5. The zero-order chi connectivity index (χ0) is 14.6. The molecule has 0 heterocycles. The van der Waals surface area contributed by atoms with Crippen LogP contribution in [0.3, 0.4) is 0 Å². The largest absolute Gasteiger partial charge is 0.351 e. The van der Waals surface area contributed by atoms with E-state index in [2.05, 4.69) is 21.2 Å². The van der Waals surface area contributed by atoms with Crippen LogP contribution in [0.1, 0.15) is 22.8 Å². The molecule has 0 saturated carbocycles. The van der Waals surface area contributed by atoms with Gasteiger partial charge < -0.3 is 11.1 Å². The van der Waals surface area contributed by atoms with Crippen molar-refractivity contribution in [2.24, 2.45) is 5.73 Å². The minimum absolute atomic E-state index is 0.231. The average molecular weight is 328 g/mol. The first kappa shape index (κ1) is 15.2. The molecule has 1 atom stereocenters. The Morgan fingerprint density at radius 3 is 2.47 bits per heavy atom. The summed E-state index contributed by atoms with van der Waals surface area (Å²) >= 11 is 3.14. The lowest BCUT2D eigenvalue weighted by Gasteiger charge is -2.10. The number of hydrogen-bond acceptors (Lipinski definition) is 3. The predicted molar refractivity (Wildman–Crippen MR) is 75.2 cm³/mol. The maximum Gasteiger partial charge on any atom is 0.319 e. The van der Waals surface area contributed by atoms with Gasteiger partial charge in [-0.1, -0.05) is 22.0 Å². The number of amides is 4. The van der Waals surface area contributed by atoms with E-state index in [4.69, 9.17) is 5.73 Å². The molecule has 1 aromatic rings. The lowest BCUT2D eigenvalue weighted by molar-refractivity contribution is -0.115. The van der Waals surface area contributed by atoms with Crippen molar-refractivity contribution in [2.75, 3.05) is 5.32 Å². The first-order chi connectivity index (χ1) is 8.81. The number of nitrogens with two attached hydrogens (primary N) is 1. The quantitative estimate of drug-likeness (QED) is 0.733. The SMILES string of the molecule is Cc1ccc(NC(=O)[C@@H](C)Br)cc1C(=O)NC(N)=O. The fourth-order valence-corrected chi connectivity index (χ4v) is 1.48. The van der Waals surface area contributed by atoms with Crippen molar-refractivity contribution in [1.82, 2.24) is 5.32 Å². The summed E-state index contributed by atoms with van der Waals surface area (Å²) in [5.74, 6) is -0.835. The molecule has 4 amide bonds. The minimum Gasteiger partial charge on any atom is -0.351 e. The second-order valence-corrected chi connectivity index (χ2v) is 5.33. The molecule has 0 bridgehead atoms. The van der Waals surface area contributed by atoms with Crippen molar-refractivity contribution in [3.05, 3.63) is 29.3 Å². The van der Waals surface area contributed by atoms with E-state index in [9.17, 15) is 14.4 Å². The summed E-state index contributed by atoms with van der Waals surface area (Å²) < 4.78 is 0. The van der Waals surface area contributed by atoms with Gasteiger partial charge in [-0.2, -0.15) is 0 Å². The molecule has 0 spiro atoms. The minimum atomic E-state index is -0.923. The Morgan fingerprint density at radius 2 is 1.95 bits per heavy atom. The first-order valence-electron chi connectivity index (χ1n) is 5.47. The molecule has 0 radical (unpaired) electrons. The van der Waals surface area contributed by atoms with Crippen LogP contribution in [0.15, 0.2) is 18.2 Å². The van der Waals surface area contributed by atoms with E-state index in [0.29, 0.717) is 11.3 Å². The van der Waals surface area contributed by atoms with E-state index in [-0.39, 0.29) is 16.3 Å². The molecule has 19 heavy (non-hydrogen) atoms. The Balaban J connectivity index is 2.97. The standard InChI is InChI=1S/C12H14BrN3O3/c1-6-3-4-8(15-10(17)7(2)13)5-9(6)11(18)16-12(14)19/h3-5,7H,1-2H3,(H,15,17)(H3,14,16,18,19)/t7-/m1/s1. The molecule has 0 fully saturated rings. The molecule has 0 aliphatic carbocycles. The number of nitrogens with one attached hydrogen (secondary N) is 2. The van der Waals surface area contributed by atoms with Gasteiger partial charge in [0.05, 0.1) is 4.83 Å². The number of halogens is 1. The van der Waals surface area contributed by atoms with Crippen molar-refractivity contribution >= 4 is 39.5 Å². The number of carbonyl (C=O) groups excluding carboxylic acids is 3. The molecule has 7 heteroatoms. The third-order valence-corrected chi connectivity index (χ3v) is 2.76. The van der Waals surface area contributed by atoms with E-state index in [0.717, 1.165) is 0 Å². The number of rotatable bonds is 3. The van der Waals surface area contributed by atoms with Crippen molar-refractivity contribution < 1.29 is 14.4 Å². The second kappa shape index (κ2) is 6.33. The summed E-state index contributed by atoms with van der Waals surface area (Å²) in [6, 6.07) is 3.91. The van der Waals surface area contributed by atoms with Gasteiger partial charge in [-0.3, -0.25) is 14.9 Å². The number of carbonyl (C=O) groups is 3. The lowest BCUT2D eigenvalue weighted by Crippen LogP contribution is -2.35. The Hall–Kier alpha value is -1.89. The van der Waals surface area contributed by atoms with Crippen LogP contribution in [-0.2, 0) is 4.79 Å². The zero-order valence-corrected chi connectivity index (χ0v) is 12.1. The van der Waals surface area contributed by atoms with E-state index >= 15 is 0 Å². The smallest absolute Gasteiger partial charge is 0.319 e. The summed E-state index contributed by atoms with van der Waals surface area (Å²) in [6.45, 7) is 3.40. The van der Waals surface area contributed by atoms with Crippen molar-refractivity contribution in [3.8, 4) is 0 Å². The normalized spacial score (nSPS) is 11.5. The van der Waals surface area contributed by atoms with Gasteiger partial charge in [0.15, 0.2) is 0 Å². The van der Waals surface area contributed by atoms with Gasteiger partial charge in [0.1, 0.15) is 0 Å². The van der Waals surface area contributed by atoms with Gasteiger partial charge in [0, 0.05) is 11.3 Å². The summed E-state index contributed by atoms with van der Waals surface area (Å²) in [7, 11) is 0.